The first-order valence-corrected chi connectivity index (χ1v) is 13.4. The third-order valence-electron chi connectivity index (χ3n) is 5.97. The molecule has 11 heteroatoms. The van der Waals surface area contributed by atoms with Gasteiger partial charge in [0, 0.05) is 0 Å². The summed E-state index contributed by atoms with van der Waals surface area (Å²) >= 11 is 0. The van der Waals surface area contributed by atoms with Crippen LogP contribution in [-0.2, 0) is 32.1 Å². The van der Waals surface area contributed by atoms with Gasteiger partial charge in [-0.3, -0.25) is 9.59 Å². The highest BCUT2D eigenvalue weighted by Crippen LogP contribution is 2.40. The molecule has 2 aromatic carbocycles. The molecule has 11 nitrogen and oxygen atoms in total. The monoisotopic (exact) mass is 585 g/mol. The van der Waals surface area contributed by atoms with Crippen molar-refractivity contribution < 1.29 is 43.1 Å². The number of benzene rings is 2. The highest BCUT2D eigenvalue weighted by Gasteiger charge is 2.31. The zero-order valence-electron chi connectivity index (χ0n) is 25.8. The summed E-state index contributed by atoms with van der Waals surface area (Å²) in [6, 6.07) is 8.42. The number of ether oxygens (including phenoxy) is 6. The summed E-state index contributed by atoms with van der Waals surface area (Å²) in [7, 11) is 4.15. The van der Waals surface area contributed by atoms with Crippen molar-refractivity contribution in [2.45, 2.75) is 61.0 Å². The van der Waals surface area contributed by atoms with Crippen LogP contribution in [0.3, 0.4) is 0 Å². The summed E-state index contributed by atoms with van der Waals surface area (Å²) < 4.78 is 32.9. The molecule has 0 fully saturated rings. The number of carbonyl (C=O) groups is 2. The van der Waals surface area contributed by atoms with Crippen LogP contribution >= 0.6 is 0 Å². The lowest BCUT2D eigenvalue weighted by Crippen LogP contribution is -2.25. The molecule has 0 unspecified atom stereocenters. The molecule has 0 aliphatic carbocycles. The SMILES string of the molecule is CO/C(O)=C(\[N+]#N)c1cc(CCCOC(=O)C(C)(C)C)cc(OC)c1OCc1ccc(OC(=O)C(C)(C)C)c(OC)c1. The Morgan fingerprint density at radius 2 is 1.48 bits per heavy atom. The normalized spacial score (nSPS) is 12.0. The standard InChI is InChI=1S/C31H40N2O9/c1-30(2,3)28(35)40-14-10-11-19-15-21(25(33-32)27(34)39-9)26(24(16-19)38-8)41-18-20-12-13-22(23(17-20)37-7)42-29(36)31(4,5)6/h12-13,15-17H,10-11,14,18H2,1-9H3/p+1/b27-25-. The summed E-state index contributed by atoms with van der Waals surface area (Å²) in [5, 5.41) is 20.0. The van der Waals surface area contributed by atoms with Gasteiger partial charge in [0.05, 0.1) is 38.8 Å². The highest BCUT2D eigenvalue weighted by atomic mass is 16.6. The van der Waals surface area contributed by atoms with E-state index in [0.29, 0.717) is 29.9 Å². The summed E-state index contributed by atoms with van der Waals surface area (Å²) in [5.41, 5.74) is 0.0607. The number of carbonyl (C=O) groups excluding carboxylic acids is 2. The molecule has 1 N–H and O–H groups in total. The van der Waals surface area contributed by atoms with Crippen LogP contribution in [0, 0.1) is 16.2 Å². The van der Waals surface area contributed by atoms with Gasteiger partial charge in [0.1, 0.15) is 12.2 Å². The molecule has 0 radical (unpaired) electrons. The second-order valence-corrected chi connectivity index (χ2v) is 11.5. The lowest BCUT2D eigenvalue weighted by Gasteiger charge is -2.18. The first-order valence-electron chi connectivity index (χ1n) is 13.4. The van der Waals surface area contributed by atoms with Crippen molar-refractivity contribution in [1.29, 1.82) is 5.39 Å². The van der Waals surface area contributed by atoms with Crippen molar-refractivity contribution >= 4 is 17.6 Å². The Labute approximate surface area is 246 Å². The molecular formula is C31H41N2O9+. The Kier molecular flexibility index (Phi) is 11.6. The van der Waals surface area contributed by atoms with Gasteiger partial charge in [-0.15, -0.1) is 0 Å². The van der Waals surface area contributed by atoms with Crippen LogP contribution in [0.15, 0.2) is 36.3 Å². The zero-order valence-corrected chi connectivity index (χ0v) is 25.8. The highest BCUT2D eigenvalue weighted by molar-refractivity contribution is 5.79. The van der Waals surface area contributed by atoms with Crippen LogP contribution in [0.25, 0.3) is 10.7 Å². The van der Waals surface area contributed by atoms with Gasteiger partial charge in [-0.2, -0.15) is 0 Å². The largest absolute Gasteiger partial charge is 0.493 e. The molecule has 0 saturated carbocycles. The number of nitrogens with zero attached hydrogens (tertiary/aromatic N) is 2. The van der Waals surface area contributed by atoms with Gasteiger partial charge >= 0.3 is 23.6 Å². The summed E-state index contributed by atoms with van der Waals surface area (Å²) in [4.78, 5) is 27.6. The molecule has 0 heterocycles. The Hall–Kier alpha value is -4.46. The number of diazo groups is 1. The van der Waals surface area contributed by atoms with Crippen LogP contribution in [0.2, 0.25) is 0 Å². The first-order chi connectivity index (χ1) is 19.7. The minimum Gasteiger partial charge on any atom is -0.493 e. The van der Waals surface area contributed by atoms with Crippen molar-refractivity contribution in [2.24, 2.45) is 10.8 Å². The van der Waals surface area contributed by atoms with E-state index in [9.17, 15) is 20.1 Å². The maximum absolute atomic E-state index is 12.4. The predicted molar refractivity (Wildman–Crippen MR) is 156 cm³/mol. The number of hydrogen-bond acceptors (Lipinski definition) is 10. The molecule has 0 saturated heterocycles. The zero-order chi connectivity index (χ0) is 31.7. The quantitative estimate of drug-likeness (QED) is 0.0973. The van der Waals surface area contributed by atoms with E-state index in [1.807, 2.05) is 0 Å². The number of methoxy groups -OCH3 is 3. The fourth-order valence-corrected chi connectivity index (χ4v) is 3.54. The van der Waals surface area contributed by atoms with Gasteiger partial charge in [0.2, 0.25) is 5.39 Å². The molecule has 0 aromatic heterocycles. The molecule has 0 aliphatic rings. The Balaban J connectivity index is 2.38. The lowest BCUT2D eigenvalue weighted by molar-refractivity contribution is -0.153. The fourth-order valence-electron chi connectivity index (χ4n) is 3.54. The van der Waals surface area contributed by atoms with E-state index >= 15 is 0 Å². The molecule has 2 aromatic rings. The molecule has 0 aliphatic heterocycles. The second-order valence-electron chi connectivity index (χ2n) is 11.5. The number of aliphatic hydroxyl groups is 1. The molecule has 0 bridgehead atoms. The molecule has 228 valence electrons. The molecular weight excluding hydrogens is 544 g/mol. The average molecular weight is 586 g/mol. The van der Waals surface area contributed by atoms with Crippen LogP contribution in [0.4, 0.5) is 0 Å². The Morgan fingerprint density at radius 3 is 2.02 bits per heavy atom. The topological polar surface area (TPSA) is 138 Å². The smallest absolute Gasteiger partial charge is 0.474 e. The van der Waals surface area contributed by atoms with Crippen molar-refractivity contribution in [3.63, 3.8) is 0 Å². The van der Waals surface area contributed by atoms with Gasteiger partial charge in [0.15, 0.2) is 28.0 Å². The van der Waals surface area contributed by atoms with E-state index < -0.39 is 22.7 Å². The maximum atomic E-state index is 12.4. The van der Waals surface area contributed by atoms with Gasteiger partial charge < -0.3 is 33.5 Å². The van der Waals surface area contributed by atoms with E-state index in [0.717, 1.165) is 5.56 Å². The third-order valence-corrected chi connectivity index (χ3v) is 5.97. The summed E-state index contributed by atoms with van der Waals surface area (Å²) in [5.74, 6) is -0.238. The minimum atomic E-state index is -0.695. The Bertz CT molecular complexity index is 1350. The fraction of sp³-hybridized carbons (Fsp3) is 0.484. The van der Waals surface area contributed by atoms with Crippen molar-refractivity contribution in [2.75, 3.05) is 27.9 Å². The van der Waals surface area contributed by atoms with Crippen LogP contribution < -0.4 is 18.9 Å². The van der Waals surface area contributed by atoms with Crippen LogP contribution in [0.1, 0.15) is 64.7 Å². The summed E-state index contributed by atoms with van der Waals surface area (Å²) in [6.45, 7) is 10.8. The van der Waals surface area contributed by atoms with Crippen molar-refractivity contribution in [1.82, 2.24) is 0 Å². The average Bonchev–Trinajstić information content (AvgIpc) is 2.93. The van der Waals surface area contributed by atoms with Gasteiger partial charge in [-0.05, 0) is 89.8 Å². The van der Waals surface area contributed by atoms with Gasteiger partial charge in [-0.25, -0.2) is 0 Å². The number of esters is 2. The van der Waals surface area contributed by atoms with Crippen molar-refractivity contribution in [3.8, 4) is 23.0 Å². The van der Waals surface area contributed by atoms with E-state index in [1.165, 1.54) is 21.3 Å². The van der Waals surface area contributed by atoms with E-state index in [4.69, 9.17) is 28.4 Å². The van der Waals surface area contributed by atoms with Crippen molar-refractivity contribution in [3.05, 3.63) is 57.9 Å². The van der Waals surface area contributed by atoms with Gasteiger partial charge in [-0.1, -0.05) is 6.07 Å². The van der Waals surface area contributed by atoms with E-state index in [1.54, 1.807) is 71.9 Å². The first kappa shape index (κ1) is 33.7. The number of hydrogen-bond donors (Lipinski definition) is 1. The molecule has 2 rings (SSSR count). The minimum absolute atomic E-state index is 0.0156. The molecule has 42 heavy (non-hydrogen) atoms. The van der Waals surface area contributed by atoms with E-state index in [-0.39, 0.29) is 41.9 Å². The van der Waals surface area contributed by atoms with E-state index in [2.05, 4.69) is 4.98 Å². The Morgan fingerprint density at radius 1 is 0.857 bits per heavy atom. The lowest BCUT2D eigenvalue weighted by atomic mass is 9.97. The number of rotatable bonds is 12. The number of aryl methyl sites for hydroxylation is 1. The second kappa shape index (κ2) is 14.4. The summed E-state index contributed by atoms with van der Waals surface area (Å²) in [6.07, 6.45) is 1.00. The van der Waals surface area contributed by atoms with Gasteiger partial charge in [0.25, 0.3) is 0 Å². The maximum Gasteiger partial charge on any atom is 0.474 e. The van der Waals surface area contributed by atoms with Crippen LogP contribution in [-0.4, -0.2) is 45.0 Å². The molecule has 0 atom stereocenters. The third kappa shape index (κ3) is 9.03. The number of aliphatic hydroxyl groups excluding tert-OH is 1. The van der Waals surface area contributed by atoms with Crippen LogP contribution in [0.5, 0.6) is 23.0 Å². The predicted octanol–water partition coefficient (Wildman–Crippen LogP) is 6.44. The molecule has 0 spiro atoms. The molecule has 0 amide bonds.